The van der Waals surface area contributed by atoms with Crippen LogP contribution in [0.25, 0.3) is 78.0 Å². The van der Waals surface area contributed by atoms with Crippen LogP contribution in [0.2, 0.25) is 0 Å². The maximum atomic E-state index is 5.59. The van der Waals surface area contributed by atoms with Crippen LogP contribution in [-0.2, 0) is 0 Å². The van der Waals surface area contributed by atoms with Crippen LogP contribution in [0.15, 0.2) is 231 Å². The fraction of sp³-hybridized carbons (Fsp3) is 0.136. The number of rotatable bonds is 9. The first-order valence-electron chi connectivity index (χ1n) is 26.1. The molecule has 0 unspecified atom stereocenters. The monoisotopic (exact) mass is 956 g/mol. The first-order chi connectivity index (χ1) is 36.2. The number of fused-ring (bicyclic) bond motifs is 6. The summed E-state index contributed by atoms with van der Waals surface area (Å²) in [4.78, 5) is 19.5. The first kappa shape index (κ1) is 42.3. The molecule has 2 saturated heterocycles. The summed E-state index contributed by atoms with van der Waals surface area (Å²) in [5.74, 6) is 3.54. The second kappa shape index (κ2) is 16.9. The Bertz CT molecular complexity index is 3950. The number of hydrogen-bond donors (Lipinski definition) is 0. The number of aromatic nitrogens is 5. The van der Waals surface area contributed by atoms with Crippen LogP contribution in [-0.4, -0.2) is 44.2 Å². The van der Waals surface area contributed by atoms with E-state index in [-0.39, 0.29) is 0 Å². The van der Waals surface area contributed by atoms with Gasteiger partial charge in [0, 0.05) is 44.9 Å². The van der Waals surface area contributed by atoms with Gasteiger partial charge in [0.05, 0.1) is 22.1 Å². The van der Waals surface area contributed by atoms with E-state index < -0.39 is 8.07 Å². The Balaban J connectivity index is 0.974. The number of hydrogen-bond acceptors (Lipinski definition) is 4. The zero-order chi connectivity index (χ0) is 48.0. The van der Waals surface area contributed by atoms with Crippen LogP contribution in [0.5, 0.6) is 0 Å². The van der Waals surface area contributed by atoms with Crippen LogP contribution < -0.4 is 25.6 Å². The van der Waals surface area contributed by atoms with Gasteiger partial charge in [-0.15, -0.1) is 0 Å². The molecule has 0 spiro atoms. The fourth-order valence-corrected chi connectivity index (χ4v) is 18.8. The minimum atomic E-state index is -3.02. The summed E-state index contributed by atoms with van der Waals surface area (Å²) in [6, 6.07) is 86.1. The van der Waals surface area contributed by atoms with Crippen LogP contribution in [0.1, 0.15) is 32.1 Å². The molecule has 0 amide bonds. The van der Waals surface area contributed by atoms with Crippen molar-refractivity contribution >= 4 is 78.1 Å². The van der Waals surface area contributed by atoms with Gasteiger partial charge in [-0.1, -0.05) is 188 Å². The zero-order valence-electron chi connectivity index (χ0n) is 40.5. The third-order valence-electron chi connectivity index (χ3n) is 16.8. The molecular weight excluding hydrogens is 905 g/mol. The summed E-state index contributed by atoms with van der Waals surface area (Å²) < 4.78 is 4.46. The molecule has 4 bridgehead atoms. The summed E-state index contributed by atoms with van der Waals surface area (Å²) in [5, 5.41) is 9.96. The van der Waals surface area contributed by atoms with Gasteiger partial charge in [0.2, 0.25) is 11.9 Å². The standard InChI is InChI=1S/C66H52N6Si/c1-4-18-46(19-5-1)47-34-35-63-59(42-47)58-30-12-15-33-62(58)72(63)66-68-64(67-65(69-66)71-60-31-13-10-28-56(60)57-29-11-14-32-61(57)71)48-20-16-26-54(41-48)73(52-22-6-2-7-23-52,53-24-8-3-9-25-53)55-27-17-21-49(43-55)70-50-37-44-36-45(39-50)40-51(70)38-44/h1-35,41-45,50-51H,36-40H2. The molecule has 12 aromatic rings. The van der Waals surface area contributed by atoms with Crippen molar-refractivity contribution < 1.29 is 0 Å². The zero-order valence-corrected chi connectivity index (χ0v) is 41.5. The Kier molecular flexibility index (Phi) is 9.77. The average Bonchev–Trinajstić information content (AvgIpc) is 3.97. The first-order valence-corrected chi connectivity index (χ1v) is 28.1. The second-order valence-corrected chi connectivity index (χ2v) is 24.6. The maximum absolute atomic E-state index is 5.59. The molecule has 7 heteroatoms. The Hall–Kier alpha value is -8.39. The van der Waals surface area contributed by atoms with Gasteiger partial charge < -0.3 is 4.90 Å². The van der Waals surface area contributed by atoms with Crippen molar-refractivity contribution in [3.05, 3.63) is 231 Å². The van der Waals surface area contributed by atoms with Gasteiger partial charge in [-0.25, -0.2) is 0 Å². The molecule has 16 rings (SSSR count). The van der Waals surface area contributed by atoms with E-state index >= 15 is 0 Å². The number of benzene rings is 9. The average molecular weight is 957 g/mol. The lowest BCUT2D eigenvalue weighted by atomic mass is 9.63. The molecule has 2 aliphatic carbocycles. The molecule has 2 aliphatic heterocycles. The Morgan fingerprint density at radius 3 is 1.36 bits per heavy atom. The number of piperidine rings is 2. The van der Waals surface area contributed by atoms with E-state index in [0.29, 0.717) is 29.8 Å². The van der Waals surface area contributed by atoms with Gasteiger partial charge in [-0.05, 0) is 118 Å². The SMILES string of the molecule is c1ccc(-c2ccc3c(c2)c2ccccc2n3-c2nc(-c3cccc([Si](c4ccccc4)(c4ccccc4)c4cccc(N5C6CC7CC(C6)CC5C7)c4)c3)nc(-n3c4ccccc4c4ccccc43)n2)cc1. The van der Waals surface area contributed by atoms with Gasteiger partial charge in [0.1, 0.15) is 0 Å². The Morgan fingerprint density at radius 2 is 0.781 bits per heavy atom. The molecule has 5 heterocycles. The molecule has 0 atom stereocenters. The molecule has 4 fully saturated rings. The molecule has 350 valence electrons. The number of anilines is 1. The minimum Gasteiger partial charge on any atom is -0.366 e. The van der Waals surface area contributed by atoms with E-state index in [1.165, 1.54) is 69.7 Å². The van der Waals surface area contributed by atoms with Crippen molar-refractivity contribution in [1.82, 2.24) is 24.1 Å². The van der Waals surface area contributed by atoms with E-state index in [9.17, 15) is 0 Å². The summed E-state index contributed by atoms with van der Waals surface area (Å²) in [6.07, 6.45) is 6.74. The molecule has 6 nitrogen and oxygen atoms in total. The van der Waals surface area contributed by atoms with E-state index in [1.807, 2.05) is 0 Å². The lowest BCUT2D eigenvalue weighted by Gasteiger charge is -2.57. The smallest absolute Gasteiger partial charge is 0.240 e. The van der Waals surface area contributed by atoms with E-state index in [2.05, 4.69) is 245 Å². The number of nitrogens with zero attached hydrogens (tertiary/aromatic N) is 6. The normalized spacial score (nSPS) is 18.4. The highest BCUT2D eigenvalue weighted by Gasteiger charge is 2.48. The molecule has 9 aromatic carbocycles. The van der Waals surface area contributed by atoms with Crippen molar-refractivity contribution in [2.75, 3.05) is 4.90 Å². The predicted octanol–water partition coefficient (Wildman–Crippen LogP) is 12.5. The molecule has 4 aliphatic rings. The predicted molar refractivity (Wildman–Crippen MR) is 303 cm³/mol. The van der Waals surface area contributed by atoms with Crippen LogP contribution in [0.3, 0.4) is 0 Å². The van der Waals surface area contributed by atoms with Crippen molar-refractivity contribution in [1.29, 1.82) is 0 Å². The lowest BCUT2D eigenvalue weighted by molar-refractivity contribution is 0.0900. The van der Waals surface area contributed by atoms with Crippen molar-refractivity contribution in [3.63, 3.8) is 0 Å². The van der Waals surface area contributed by atoms with E-state index in [4.69, 9.17) is 15.0 Å². The van der Waals surface area contributed by atoms with Gasteiger partial charge in [-0.3, -0.25) is 9.13 Å². The van der Waals surface area contributed by atoms with E-state index in [1.54, 1.807) is 0 Å². The quantitative estimate of drug-likeness (QED) is 0.107. The highest BCUT2D eigenvalue weighted by molar-refractivity contribution is 7.20. The van der Waals surface area contributed by atoms with E-state index in [0.717, 1.165) is 61.0 Å². The summed E-state index contributed by atoms with van der Waals surface area (Å²) in [6.45, 7) is 0. The molecule has 2 saturated carbocycles. The van der Waals surface area contributed by atoms with Crippen LogP contribution >= 0.6 is 0 Å². The number of para-hydroxylation sites is 3. The topological polar surface area (TPSA) is 51.8 Å². The lowest BCUT2D eigenvalue weighted by Crippen LogP contribution is -2.74. The molecule has 0 N–H and O–H groups in total. The third kappa shape index (κ3) is 6.72. The third-order valence-corrected chi connectivity index (χ3v) is 21.5. The minimum absolute atomic E-state index is 0.568. The summed E-state index contributed by atoms with van der Waals surface area (Å²) >= 11 is 0. The van der Waals surface area contributed by atoms with Crippen molar-refractivity contribution in [2.45, 2.75) is 44.2 Å². The van der Waals surface area contributed by atoms with Crippen LogP contribution in [0.4, 0.5) is 5.69 Å². The van der Waals surface area contributed by atoms with Gasteiger partial charge in [0.25, 0.3) is 0 Å². The molecular formula is C66H52N6Si. The Labute approximate surface area is 425 Å². The Morgan fingerprint density at radius 1 is 0.329 bits per heavy atom. The molecule has 3 aromatic heterocycles. The van der Waals surface area contributed by atoms with Crippen LogP contribution in [0, 0.1) is 11.8 Å². The maximum Gasteiger partial charge on any atom is 0.240 e. The second-order valence-electron chi connectivity index (χ2n) is 20.8. The largest absolute Gasteiger partial charge is 0.366 e. The molecule has 73 heavy (non-hydrogen) atoms. The van der Waals surface area contributed by atoms with Gasteiger partial charge in [-0.2, -0.15) is 15.0 Å². The summed E-state index contributed by atoms with van der Waals surface area (Å²) in [7, 11) is -3.02. The van der Waals surface area contributed by atoms with Gasteiger partial charge >= 0.3 is 0 Å². The van der Waals surface area contributed by atoms with Gasteiger partial charge in [0.15, 0.2) is 13.9 Å². The summed E-state index contributed by atoms with van der Waals surface area (Å²) in [5.41, 5.74) is 8.84. The highest BCUT2D eigenvalue weighted by Crippen LogP contribution is 2.50. The van der Waals surface area contributed by atoms with Crippen molar-refractivity contribution in [2.24, 2.45) is 11.8 Å². The molecule has 0 radical (unpaired) electrons. The fourth-order valence-electron chi connectivity index (χ4n) is 13.9. The van der Waals surface area contributed by atoms with Crippen molar-refractivity contribution in [3.8, 4) is 34.4 Å². The highest BCUT2D eigenvalue weighted by atomic mass is 28.3.